The molecule has 13 heavy (non-hydrogen) atoms. The molecule has 0 bridgehead atoms. The van der Waals surface area contributed by atoms with E-state index in [1.807, 2.05) is 32.2 Å². The lowest BCUT2D eigenvalue weighted by molar-refractivity contribution is 1.28. The number of H-pyrrole nitrogens is 1. The Morgan fingerprint density at radius 2 is 2.00 bits per heavy atom. The first-order chi connectivity index (χ1) is 6.25. The summed E-state index contributed by atoms with van der Waals surface area (Å²) in [5.41, 5.74) is 1.29. The van der Waals surface area contributed by atoms with Crippen LogP contribution in [-0.2, 0) is 0 Å². The minimum absolute atomic E-state index is 1.20. The summed E-state index contributed by atoms with van der Waals surface area (Å²) >= 11 is 0. The van der Waals surface area contributed by atoms with Gasteiger partial charge in [-0.3, -0.25) is 0 Å². The van der Waals surface area contributed by atoms with Crippen LogP contribution in [0.2, 0.25) is 0 Å². The minimum Gasteiger partial charge on any atom is -0.361 e. The molecule has 0 spiro atoms. The third-order valence-corrected chi connectivity index (χ3v) is 1.58. The lowest BCUT2D eigenvalue weighted by Crippen LogP contribution is -2.23. The molecule has 1 aromatic rings. The van der Waals surface area contributed by atoms with Gasteiger partial charge in [0.25, 0.3) is 0 Å². The molecule has 1 rings (SSSR count). The molecule has 72 valence electrons. The van der Waals surface area contributed by atoms with Crippen LogP contribution in [0, 0.1) is 0 Å². The second-order valence-electron chi connectivity index (χ2n) is 2.71. The van der Waals surface area contributed by atoms with Crippen LogP contribution in [0.15, 0.2) is 24.9 Å². The molecule has 0 amide bonds. The van der Waals surface area contributed by atoms with Crippen molar-refractivity contribution in [2.45, 2.75) is 27.7 Å². The monoisotopic (exact) mass is 177 g/mol. The predicted molar refractivity (Wildman–Crippen MR) is 60.8 cm³/mol. The van der Waals surface area contributed by atoms with Gasteiger partial charge in [0, 0.05) is 11.5 Å². The molecule has 0 aromatic carbocycles. The Morgan fingerprint density at radius 1 is 1.38 bits per heavy atom. The van der Waals surface area contributed by atoms with Crippen molar-refractivity contribution in [1.29, 1.82) is 0 Å². The summed E-state index contributed by atoms with van der Waals surface area (Å²) < 4.78 is 0. The van der Waals surface area contributed by atoms with Gasteiger partial charge < -0.3 is 4.98 Å². The minimum atomic E-state index is 1.20. The number of rotatable bonds is 1. The van der Waals surface area contributed by atoms with E-state index in [2.05, 4.69) is 25.4 Å². The average Bonchev–Trinajstić information content (AvgIpc) is 2.57. The molecule has 0 aliphatic heterocycles. The van der Waals surface area contributed by atoms with E-state index in [0.717, 1.165) is 0 Å². The maximum atomic E-state index is 3.66. The van der Waals surface area contributed by atoms with E-state index in [1.54, 1.807) is 6.08 Å². The number of aromatic amines is 1. The van der Waals surface area contributed by atoms with Crippen LogP contribution < -0.4 is 10.6 Å². The lowest BCUT2D eigenvalue weighted by atomic mass is 10.3. The zero-order chi connectivity index (χ0) is 10.3. The van der Waals surface area contributed by atoms with Crippen LogP contribution in [0.3, 0.4) is 0 Å². The Bertz CT molecular complexity index is 351. The van der Waals surface area contributed by atoms with Crippen LogP contribution in [0.25, 0.3) is 11.6 Å². The molecule has 1 heteroatoms. The molecule has 0 atom stereocenters. The van der Waals surface area contributed by atoms with E-state index >= 15 is 0 Å². The van der Waals surface area contributed by atoms with Crippen LogP contribution >= 0.6 is 0 Å². The Kier molecular flexibility index (Phi) is 5.69. The number of allylic oxidation sites excluding steroid dienone is 1. The van der Waals surface area contributed by atoms with E-state index in [0.29, 0.717) is 0 Å². The normalized spacial score (nSPS) is 10.3. The van der Waals surface area contributed by atoms with Crippen molar-refractivity contribution in [2.24, 2.45) is 0 Å². The molecule has 1 heterocycles. The van der Waals surface area contributed by atoms with Crippen LogP contribution in [0.5, 0.6) is 0 Å². The first-order valence-corrected chi connectivity index (χ1v) is 4.69. The number of aromatic nitrogens is 1. The maximum Gasteiger partial charge on any atom is 0.0440 e. The Morgan fingerprint density at radius 3 is 2.46 bits per heavy atom. The molecule has 0 aliphatic rings. The van der Waals surface area contributed by atoms with Crippen molar-refractivity contribution in [1.82, 2.24) is 4.98 Å². The highest BCUT2D eigenvalue weighted by Gasteiger charge is 1.85. The van der Waals surface area contributed by atoms with Crippen molar-refractivity contribution in [2.75, 3.05) is 0 Å². The van der Waals surface area contributed by atoms with Crippen LogP contribution in [0.4, 0.5) is 0 Å². The van der Waals surface area contributed by atoms with Gasteiger partial charge in [-0.1, -0.05) is 38.2 Å². The molecule has 0 unspecified atom stereocenters. The highest BCUT2D eigenvalue weighted by atomic mass is 14.6. The van der Waals surface area contributed by atoms with E-state index in [-0.39, 0.29) is 0 Å². The van der Waals surface area contributed by atoms with Gasteiger partial charge in [-0.25, -0.2) is 0 Å². The summed E-state index contributed by atoms with van der Waals surface area (Å²) in [4.78, 5) is 3.17. The molecular weight excluding hydrogens is 158 g/mol. The van der Waals surface area contributed by atoms with E-state index in [4.69, 9.17) is 0 Å². The molecule has 0 radical (unpaired) electrons. The molecular formula is C12H19N. The van der Waals surface area contributed by atoms with E-state index in [9.17, 15) is 0 Å². The van der Waals surface area contributed by atoms with Gasteiger partial charge in [0.2, 0.25) is 0 Å². The van der Waals surface area contributed by atoms with Gasteiger partial charge in [0.15, 0.2) is 0 Å². The second kappa shape index (κ2) is 6.30. The van der Waals surface area contributed by atoms with Gasteiger partial charge in [-0.15, -0.1) is 0 Å². The van der Waals surface area contributed by atoms with E-state index in [1.165, 1.54) is 16.1 Å². The molecule has 1 N–H and O–H groups in total. The molecule has 0 aliphatic carbocycles. The third kappa shape index (κ3) is 3.32. The lowest BCUT2D eigenvalue weighted by Gasteiger charge is -1.84. The van der Waals surface area contributed by atoms with Crippen molar-refractivity contribution in [3.05, 3.63) is 35.5 Å². The fourth-order valence-electron chi connectivity index (χ4n) is 1.08. The number of hydrogen-bond acceptors (Lipinski definition) is 0. The molecule has 0 fully saturated rings. The van der Waals surface area contributed by atoms with E-state index < -0.39 is 0 Å². The molecule has 0 saturated carbocycles. The Hall–Kier alpha value is -1.24. The summed E-state index contributed by atoms with van der Waals surface area (Å²) in [5.74, 6) is 0. The van der Waals surface area contributed by atoms with Gasteiger partial charge in [0.1, 0.15) is 0 Å². The van der Waals surface area contributed by atoms with Gasteiger partial charge in [0.05, 0.1) is 0 Å². The predicted octanol–water partition coefficient (Wildman–Crippen LogP) is 2.20. The molecule has 1 nitrogen and oxygen atoms in total. The molecule has 1 aromatic heterocycles. The second-order valence-corrected chi connectivity index (χ2v) is 2.71. The largest absolute Gasteiger partial charge is 0.361 e. The fraction of sp³-hybridized carbons (Fsp3) is 0.333. The van der Waals surface area contributed by atoms with Gasteiger partial charge >= 0.3 is 0 Å². The smallest absolute Gasteiger partial charge is 0.0440 e. The standard InChI is InChI=1S/C10H13N.C2H6/c1-4-5-9-6-7-11-10(9)8(2)3;1-2/h4-7,11H,1H2,2-3H3;1-2H3/b9-5-;. The summed E-state index contributed by atoms with van der Waals surface area (Å²) in [6.45, 7) is 11.8. The first-order valence-electron chi connectivity index (χ1n) is 4.69. The summed E-state index contributed by atoms with van der Waals surface area (Å²) in [7, 11) is 0. The highest BCUT2D eigenvalue weighted by molar-refractivity contribution is 5.42. The molecule has 0 saturated heterocycles. The summed E-state index contributed by atoms with van der Waals surface area (Å²) in [6.07, 6.45) is 5.74. The van der Waals surface area contributed by atoms with Crippen LogP contribution in [-0.4, -0.2) is 4.98 Å². The average molecular weight is 177 g/mol. The summed E-state index contributed by atoms with van der Waals surface area (Å²) in [6, 6.07) is 2.05. The zero-order valence-corrected chi connectivity index (χ0v) is 9.02. The number of hydrogen-bond donors (Lipinski definition) is 1. The van der Waals surface area contributed by atoms with Crippen molar-refractivity contribution < 1.29 is 0 Å². The van der Waals surface area contributed by atoms with Crippen molar-refractivity contribution in [3.63, 3.8) is 0 Å². The Balaban J connectivity index is 0.000000671. The Labute approximate surface area is 80.5 Å². The van der Waals surface area contributed by atoms with Gasteiger partial charge in [-0.2, -0.15) is 0 Å². The third-order valence-electron chi connectivity index (χ3n) is 1.58. The topological polar surface area (TPSA) is 15.8 Å². The van der Waals surface area contributed by atoms with Gasteiger partial charge in [-0.05, 0) is 25.1 Å². The fourth-order valence-corrected chi connectivity index (χ4v) is 1.08. The zero-order valence-electron chi connectivity index (χ0n) is 9.02. The van der Waals surface area contributed by atoms with Crippen molar-refractivity contribution >= 4 is 11.6 Å². The maximum absolute atomic E-state index is 3.66. The quantitative estimate of drug-likeness (QED) is 0.677. The van der Waals surface area contributed by atoms with Crippen LogP contribution in [0.1, 0.15) is 27.7 Å². The first kappa shape index (κ1) is 11.8. The SMILES string of the molecule is C=C/C=c1/cc[nH]c1=C(C)C.CC. The van der Waals surface area contributed by atoms with Crippen molar-refractivity contribution in [3.8, 4) is 0 Å². The number of nitrogens with one attached hydrogen (secondary N) is 1. The summed E-state index contributed by atoms with van der Waals surface area (Å²) in [5, 5.41) is 2.41. The highest BCUT2D eigenvalue weighted by Crippen LogP contribution is 1.80.